The van der Waals surface area contributed by atoms with Gasteiger partial charge in [0.1, 0.15) is 11.6 Å². The second kappa shape index (κ2) is 4.98. The fourth-order valence-corrected chi connectivity index (χ4v) is 3.51. The Morgan fingerprint density at radius 2 is 2.15 bits per heavy atom. The van der Waals surface area contributed by atoms with Gasteiger partial charge in [0.2, 0.25) is 5.91 Å². The van der Waals surface area contributed by atoms with E-state index in [0.717, 1.165) is 0 Å². The van der Waals surface area contributed by atoms with Gasteiger partial charge in [-0.25, -0.2) is 4.79 Å². The average molecular weight is 286 g/mol. The molecule has 0 aromatic heterocycles. The van der Waals surface area contributed by atoms with Gasteiger partial charge in [0.25, 0.3) is 0 Å². The Kier molecular flexibility index (Phi) is 3.79. The highest BCUT2D eigenvalue weighted by molar-refractivity contribution is 5.92. The third-order valence-corrected chi connectivity index (χ3v) is 4.85. The number of hydrogen-bond donors (Lipinski definition) is 4. The number of hydrogen-bond acceptors (Lipinski definition) is 5. The molecule has 1 amide bonds. The van der Waals surface area contributed by atoms with Crippen molar-refractivity contribution in [2.75, 3.05) is 13.2 Å². The fraction of sp³-hybridized carbons (Fsp3) is 0.846. The molecule has 1 saturated carbocycles. The fourth-order valence-electron chi connectivity index (χ4n) is 3.51. The summed E-state index contributed by atoms with van der Waals surface area (Å²) >= 11 is 0. The lowest BCUT2D eigenvalue weighted by atomic mass is 9.48. The highest BCUT2D eigenvalue weighted by Gasteiger charge is 2.71. The van der Waals surface area contributed by atoms with E-state index in [1.807, 2.05) is 13.8 Å². The van der Waals surface area contributed by atoms with Crippen LogP contribution >= 0.6 is 0 Å². The Bertz CT molecular complexity index is 425. The number of fused-ring (bicyclic) bond motifs is 1. The maximum atomic E-state index is 12.5. The summed E-state index contributed by atoms with van der Waals surface area (Å²) in [6.45, 7) is 3.99. The molecule has 4 atom stereocenters. The van der Waals surface area contributed by atoms with E-state index in [-0.39, 0.29) is 25.0 Å². The number of ether oxygens (including phenoxy) is 1. The molecule has 1 aliphatic carbocycles. The van der Waals surface area contributed by atoms with E-state index >= 15 is 0 Å². The first kappa shape index (κ1) is 15.2. The minimum atomic E-state index is -1.17. The number of nitrogens with two attached hydrogens (primary N) is 1. The molecule has 7 nitrogen and oxygen atoms in total. The van der Waals surface area contributed by atoms with Crippen LogP contribution in [0.3, 0.4) is 0 Å². The normalized spacial score (nSPS) is 35.8. The third-order valence-electron chi connectivity index (χ3n) is 4.85. The maximum Gasteiger partial charge on any atom is 0.326 e. The van der Waals surface area contributed by atoms with Crippen molar-refractivity contribution in [3.63, 3.8) is 0 Å². The second-order valence-corrected chi connectivity index (χ2v) is 6.15. The number of carboxylic acids is 1. The van der Waals surface area contributed by atoms with Gasteiger partial charge in [-0.05, 0) is 6.42 Å². The van der Waals surface area contributed by atoms with Crippen LogP contribution in [0.15, 0.2) is 0 Å². The number of carboxylic acid groups (broad SMARTS) is 1. The lowest BCUT2D eigenvalue weighted by Crippen LogP contribution is -2.80. The van der Waals surface area contributed by atoms with Crippen molar-refractivity contribution in [2.45, 2.75) is 44.4 Å². The molecule has 1 heterocycles. The van der Waals surface area contributed by atoms with E-state index in [0.29, 0.717) is 13.0 Å². The Morgan fingerprint density at radius 3 is 2.70 bits per heavy atom. The van der Waals surface area contributed by atoms with Crippen molar-refractivity contribution in [2.24, 2.45) is 17.1 Å². The summed E-state index contributed by atoms with van der Waals surface area (Å²) in [5.41, 5.74) is 4.64. The summed E-state index contributed by atoms with van der Waals surface area (Å²) in [5, 5.41) is 20.3. The summed E-state index contributed by atoms with van der Waals surface area (Å²) < 4.78 is 5.60. The van der Waals surface area contributed by atoms with Crippen LogP contribution in [-0.4, -0.2) is 53.0 Å². The predicted octanol–water partition coefficient (Wildman–Crippen LogP) is -0.919. The van der Waals surface area contributed by atoms with Gasteiger partial charge in [-0.1, -0.05) is 13.8 Å². The van der Waals surface area contributed by atoms with Gasteiger partial charge in [-0.15, -0.1) is 0 Å². The van der Waals surface area contributed by atoms with Gasteiger partial charge in [0.05, 0.1) is 6.10 Å². The molecule has 20 heavy (non-hydrogen) atoms. The molecule has 2 aliphatic rings. The van der Waals surface area contributed by atoms with Gasteiger partial charge in [-0.3, -0.25) is 4.79 Å². The van der Waals surface area contributed by atoms with Crippen LogP contribution in [-0.2, 0) is 14.3 Å². The van der Waals surface area contributed by atoms with E-state index in [1.165, 1.54) is 0 Å². The topological polar surface area (TPSA) is 122 Å². The van der Waals surface area contributed by atoms with Gasteiger partial charge in [0, 0.05) is 31.0 Å². The first-order valence-electron chi connectivity index (χ1n) is 6.82. The molecule has 5 N–H and O–H groups in total. The Balaban J connectivity index is 2.13. The summed E-state index contributed by atoms with van der Waals surface area (Å²) in [6, 6.07) is -1.12. The maximum absolute atomic E-state index is 12.5. The molecule has 2 fully saturated rings. The molecule has 1 aliphatic heterocycles. The number of aliphatic hydroxyl groups excluding tert-OH is 1. The summed E-state index contributed by atoms with van der Waals surface area (Å²) in [7, 11) is 0. The zero-order valence-electron chi connectivity index (χ0n) is 11.8. The number of carbonyl (C=O) groups excluding carboxylic acids is 1. The Labute approximate surface area is 117 Å². The third kappa shape index (κ3) is 1.92. The van der Waals surface area contributed by atoms with E-state index in [9.17, 15) is 9.59 Å². The van der Waals surface area contributed by atoms with E-state index in [1.54, 1.807) is 0 Å². The lowest BCUT2D eigenvalue weighted by molar-refractivity contribution is -0.177. The van der Waals surface area contributed by atoms with Crippen molar-refractivity contribution in [1.82, 2.24) is 5.32 Å². The molecule has 7 heteroatoms. The zero-order valence-corrected chi connectivity index (χ0v) is 11.8. The Morgan fingerprint density at radius 1 is 1.50 bits per heavy atom. The van der Waals surface area contributed by atoms with E-state index < -0.39 is 28.9 Å². The Hall–Kier alpha value is -1.18. The number of carbonyl (C=O) groups is 2. The summed E-state index contributed by atoms with van der Waals surface area (Å²) in [4.78, 5) is 23.5. The number of amides is 1. The standard InChI is InChI=1S/C13H22N2O5/c1-12(2)9-7(4-6-20-9)13(12,14)11(19)15-8(3-5-16)10(17)18/h7-9,16H,3-6,14H2,1-2H3,(H,15,19)(H,17,18)/t7?,8-,9?,13?/m1/s1. The van der Waals surface area contributed by atoms with Crippen LogP contribution in [0.2, 0.25) is 0 Å². The van der Waals surface area contributed by atoms with Crippen LogP contribution in [0.5, 0.6) is 0 Å². The van der Waals surface area contributed by atoms with E-state index in [4.69, 9.17) is 20.7 Å². The van der Waals surface area contributed by atoms with Crippen molar-refractivity contribution in [1.29, 1.82) is 0 Å². The average Bonchev–Trinajstić information content (AvgIpc) is 2.84. The van der Waals surface area contributed by atoms with Gasteiger partial charge >= 0.3 is 5.97 Å². The van der Waals surface area contributed by atoms with Gasteiger partial charge in [-0.2, -0.15) is 0 Å². The molecular formula is C13H22N2O5. The quantitative estimate of drug-likeness (QED) is 0.518. The molecule has 0 bridgehead atoms. The molecule has 0 aromatic carbocycles. The smallest absolute Gasteiger partial charge is 0.326 e. The highest BCUT2D eigenvalue weighted by atomic mass is 16.5. The van der Waals surface area contributed by atoms with Crippen LogP contribution in [0, 0.1) is 11.3 Å². The summed E-state index contributed by atoms with van der Waals surface area (Å²) in [6.07, 6.45) is 0.608. The first-order chi connectivity index (χ1) is 9.26. The van der Waals surface area contributed by atoms with E-state index in [2.05, 4.69) is 5.32 Å². The molecule has 0 spiro atoms. The largest absolute Gasteiger partial charge is 0.480 e. The van der Waals surface area contributed by atoms with Crippen molar-refractivity contribution in [3.05, 3.63) is 0 Å². The number of aliphatic hydroxyl groups is 1. The first-order valence-corrected chi connectivity index (χ1v) is 6.82. The molecule has 114 valence electrons. The van der Waals surface area contributed by atoms with Crippen molar-refractivity contribution < 1.29 is 24.5 Å². The van der Waals surface area contributed by atoms with Gasteiger partial charge in [0.15, 0.2) is 0 Å². The number of nitrogens with one attached hydrogen (secondary N) is 1. The minimum absolute atomic E-state index is 0.0395. The monoisotopic (exact) mass is 286 g/mol. The van der Waals surface area contributed by atoms with Crippen LogP contribution in [0.1, 0.15) is 26.7 Å². The molecular weight excluding hydrogens is 264 g/mol. The highest BCUT2D eigenvalue weighted by Crippen LogP contribution is 2.58. The molecule has 1 saturated heterocycles. The van der Waals surface area contributed by atoms with Gasteiger partial charge < -0.3 is 26.0 Å². The second-order valence-electron chi connectivity index (χ2n) is 6.15. The zero-order chi connectivity index (χ0) is 15.1. The van der Waals surface area contributed by atoms with Crippen LogP contribution < -0.4 is 11.1 Å². The minimum Gasteiger partial charge on any atom is -0.480 e. The molecule has 2 rings (SSSR count). The van der Waals surface area contributed by atoms with Crippen molar-refractivity contribution in [3.8, 4) is 0 Å². The summed E-state index contributed by atoms with van der Waals surface area (Å²) in [5.74, 6) is -1.73. The van der Waals surface area contributed by atoms with Crippen LogP contribution in [0.4, 0.5) is 0 Å². The number of rotatable bonds is 5. The van der Waals surface area contributed by atoms with Crippen LogP contribution in [0.25, 0.3) is 0 Å². The molecule has 0 aromatic rings. The van der Waals surface area contributed by atoms with Crippen molar-refractivity contribution >= 4 is 11.9 Å². The molecule has 3 unspecified atom stereocenters. The number of aliphatic carboxylic acids is 1. The SMILES string of the molecule is CC1(C)C2OCCC2C1(N)C(=O)N[C@H](CCO)C(=O)O. The predicted molar refractivity (Wildman–Crippen MR) is 69.8 cm³/mol. The molecule has 0 radical (unpaired) electrons. The lowest BCUT2D eigenvalue weighted by Gasteiger charge is -2.60.